The summed E-state index contributed by atoms with van der Waals surface area (Å²) >= 11 is 0. The van der Waals surface area contributed by atoms with E-state index in [1.165, 1.54) is 22.3 Å². The minimum Gasteiger partial charge on any atom is -0.359 e. The first kappa shape index (κ1) is 14.8. The second kappa shape index (κ2) is 6.32. The highest BCUT2D eigenvalue weighted by atomic mass is 16.5. The van der Waals surface area contributed by atoms with Crippen LogP contribution >= 0.6 is 0 Å². The maximum Gasteiger partial charge on any atom is 0.248 e. The van der Waals surface area contributed by atoms with Crippen LogP contribution in [0.15, 0.2) is 48.5 Å². The average molecular weight is 295 g/mol. The molecule has 0 saturated carbocycles. The molecule has 2 aromatic carbocycles. The number of ether oxygens (including phenoxy) is 1. The number of hydrogen-bond donors (Lipinski definition) is 0. The maximum atomic E-state index is 11.9. The molecule has 3 rings (SSSR count). The lowest BCUT2D eigenvalue weighted by molar-refractivity contribution is -0.134. The second-order valence-corrected chi connectivity index (χ2v) is 5.88. The van der Waals surface area contributed by atoms with Crippen molar-refractivity contribution in [1.82, 2.24) is 4.90 Å². The molecule has 0 fully saturated rings. The van der Waals surface area contributed by atoms with E-state index in [9.17, 15) is 4.79 Å². The van der Waals surface area contributed by atoms with Crippen LogP contribution < -0.4 is 0 Å². The fraction of sp³-hybridized carbons (Fsp3) is 0.316. The molecule has 1 aliphatic carbocycles. The van der Waals surface area contributed by atoms with Crippen LogP contribution in [-0.4, -0.2) is 31.5 Å². The largest absolute Gasteiger partial charge is 0.359 e. The van der Waals surface area contributed by atoms with E-state index >= 15 is 0 Å². The van der Waals surface area contributed by atoms with Gasteiger partial charge in [0.1, 0.15) is 12.7 Å². The Bertz CT molecular complexity index is 631. The van der Waals surface area contributed by atoms with Crippen LogP contribution in [0.1, 0.15) is 28.4 Å². The van der Waals surface area contributed by atoms with Crippen LogP contribution in [-0.2, 0) is 22.4 Å². The third-order valence-corrected chi connectivity index (χ3v) is 4.21. The molecule has 0 N–H and O–H groups in total. The molecule has 0 radical (unpaired) electrons. The number of carbonyl (C=O) groups excluding carboxylic acids is 1. The van der Waals surface area contributed by atoms with Gasteiger partial charge in [0.25, 0.3) is 0 Å². The van der Waals surface area contributed by atoms with E-state index in [-0.39, 0.29) is 18.6 Å². The van der Waals surface area contributed by atoms with Crippen molar-refractivity contribution in [2.75, 3.05) is 20.7 Å². The van der Waals surface area contributed by atoms with Crippen molar-refractivity contribution in [1.29, 1.82) is 0 Å². The summed E-state index contributed by atoms with van der Waals surface area (Å²) < 4.78 is 6.05. The van der Waals surface area contributed by atoms with Crippen molar-refractivity contribution in [2.45, 2.75) is 18.9 Å². The molecule has 0 saturated heterocycles. The minimum absolute atomic E-state index is 0.0146. The van der Waals surface area contributed by atoms with Gasteiger partial charge in [-0.3, -0.25) is 4.79 Å². The number of aryl methyl sites for hydroxylation is 2. The number of benzene rings is 2. The Morgan fingerprint density at radius 3 is 2.00 bits per heavy atom. The summed E-state index contributed by atoms with van der Waals surface area (Å²) in [6.45, 7) is 0.0976. The summed E-state index contributed by atoms with van der Waals surface area (Å²) in [7, 11) is 3.50. The summed E-state index contributed by atoms with van der Waals surface area (Å²) in [6.07, 6.45) is 1.85. The Labute approximate surface area is 131 Å². The molecule has 3 nitrogen and oxygen atoms in total. The van der Waals surface area contributed by atoms with Crippen molar-refractivity contribution in [3.63, 3.8) is 0 Å². The predicted octanol–water partition coefficient (Wildman–Crippen LogP) is 2.98. The Morgan fingerprint density at radius 2 is 1.50 bits per heavy atom. The maximum absolute atomic E-state index is 11.9. The summed E-state index contributed by atoms with van der Waals surface area (Å²) in [4.78, 5) is 13.5. The number of likely N-dealkylation sites (N-methyl/N-ethyl adjacent to an activating group) is 1. The van der Waals surface area contributed by atoms with Crippen molar-refractivity contribution in [3.8, 4) is 0 Å². The zero-order chi connectivity index (χ0) is 15.5. The third kappa shape index (κ3) is 2.90. The van der Waals surface area contributed by atoms with Crippen LogP contribution in [0.5, 0.6) is 0 Å². The summed E-state index contributed by atoms with van der Waals surface area (Å²) in [5, 5.41) is 0. The number of amides is 1. The smallest absolute Gasteiger partial charge is 0.248 e. The van der Waals surface area contributed by atoms with Gasteiger partial charge < -0.3 is 9.64 Å². The molecule has 1 aliphatic rings. The van der Waals surface area contributed by atoms with E-state index in [1.54, 1.807) is 19.0 Å². The van der Waals surface area contributed by atoms with Crippen molar-refractivity contribution < 1.29 is 9.53 Å². The number of fused-ring (bicyclic) bond motifs is 2. The SMILES string of the molecule is CN(C)C(=O)COC1c2ccccc2CCc2ccccc21. The first-order chi connectivity index (χ1) is 10.7. The van der Waals surface area contributed by atoms with Crippen LogP contribution in [0.2, 0.25) is 0 Å². The highest BCUT2D eigenvalue weighted by molar-refractivity contribution is 5.76. The lowest BCUT2D eigenvalue weighted by Gasteiger charge is -2.21. The number of carbonyl (C=O) groups is 1. The Kier molecular flexibility index (Phi) is 4.25. The number of nitrogens with zero attached hydrogens (tertiary/aromatic N) is 1. The van der Waals surface area contributed by atoms with Gasteiger partial charge in [-0.1, -0.05) is 48.5 Å². The quantitative estimate of drug-likeness (QED) is 0.871. The van der Waals surface area contributed by atoms with E-state index in [2.05, 4.69) is 36.4 Å². The first-order valence-corrected chi connectivity index (χ1v) is 7.64. The Hall–Kier alpha value is -2.13. The molecule has 0 unspecified atom stereocenters. The second-order valence-electron chi connectivity index (χ2n) is 5.88. The molecule has 3 heteroatoms. The molecule has 114 valence electrons. The van der Waals surface area contributed by atoms with Gasteiger partial charge in [-0.25, -0.2) is 0 Å². The first-order valence-electron chi connectivity index (χ1n) is 7.64. The Balaban J connectivity index is 1.97. The van der Waals surface area contributed by atoms with Crippen LogP contribution in [0.25, 0.3) is 0 Å². The number of hydrogen-bond acceptors (Lipinski definition) is 2. The zero-order valence-corrected chi connectivity index (χ0v) is 13.1. The average Bonchev–Trinajstić information content (AvgIpc) is 2.69. The monoisotopic (exact) mass is 295 g/mol. The van der Waals surface area contributed by atoms with Gasteiger partial charge in [0.05, 0.1) is 0 Å². The number of rotatable bonds is 3. The predicted molar refractivity (Wildman–Crippen MR) is 86.8 cm³/mol. The van der Waals surface area contributed by atoms with Gasteiger partial charge in [-0.2, -0.15) is 0 Å². The van der Waals surface area contributed by atoms with Crippen LogP contribution in [0, 0.1) is 0 Å². The molecular formula is C19H21NO2. The van der Waals surface area contributed by atoms with Gasteiger partial charge in [0.15, 0.2) is 0 Å². The van der Waals surface area contributed by atoms with Gasteiger partial charge in [-0.15, -0.1) is 0 Å². The fourth-order valence-electron chi connectivity index (χ4n) is 2.94. The summed E-state index contributed by atoms with van der Waals surface area (Å²) in [6, 6.07) is 16.8. The standard InChI is InChI=1S/C19H21NO2/c1-20(2)18(21)13-22-19-16-9-5-3-7-14(16)11-12-15-8-4-6-10-17(15)19/h3-10,19H,11-13H2,1-2H3. The molecular weight excluding hydrogens is 274 g/mol. The molecule has 2 aromatic rings. The molecule has 0 atom stereocenters. The topological polar surface area (TPSA) is 29.5 Å². The van der Waals surface area contributed by atoms with E-state index < -0.39 is 0 Å². The highest BCUT2D eigenvalue weighted by Gasteiger charge is 2.24. The normalized spacial score (nSPS) is 13.9. The van der Waals surface area contributed by atoms with Gasteiger partial charge in [0.2, 0.25) is 5.91 Å². The minimum atomic E-state index is -0.168. The van der Waals surface area contributed by atoms with Crippen molar-refractivity contribution in [3.05, 3.63) is 70.8 Å². The van der Waals surface area contributed by atoms with Gasteiger partial charge >= 0.3 is 0 Å². The van der Waals surface area contributed by atoms with Crippen molar-refractivity contribution >= 4 is 5.91 Å². The summed E-state index contributed by atoms with van der Waals surface area (Å²) in [5.74, 6) is -0.0146. The fourth-order valence-corrected chi connectivity index (χ4v) is 2.94. The highest BCUT2D eigenvalue weighted by Crippen LogP contribution is 2.34. The van der Waals surface area contributed by atoms with Crippen molar-refractivity contribution in [2.24, 2.45) is 0 Å². The lowest BCUT2D eigenvalue weighted by Crippen LogP contribution is -2.27. The van der Waals surface area contributed by atoms with E-state index in [0.717, 1.165) is 12.8 Å². The molecule has 0 bridgehead atoms. The van der Waals surface area contributed by atoms with Gasteiger partial charge in [-0.05, 0) is 35.1 Å². The zero-order valence-electron chi connectivity index (χ0n) is 13.1. The van der Waals surface area contributed by atoms with E-state index in [0.29, 0.717) is 0 Å². The van der Waals surface area contributed by atoms with E-state index in [1.807, 2.05) is 12.1 Å². The van der Waals surface area contributed by atoms with Crippen LogP contribution in [0.4, 0.5) is 0 Å². The molecule has 1 amide bonds. The molecule has 0 aromatic heterocycles. The molecule has 0 aliphatic heterocycles. The molecule has 0 heterocycles. The Morgan fingerprint density at radius 1 is 1.00 bits per heavy atom. The third-order valence-electron chi connectivity index (χ3n) is 4.21. The van der Waals surface area contributed by atoms with Gasteiger partial charge in [0, 0.05) is 14.1 Å². The van der Waals surface area contributed by atoms with Crippen LogP contribution in [0.3, 0.4) is 0 Å². The molecule has 0 spiro atoms. The van der Waals surface area contributed by atoms with E-state index in [4.69, 9.17) is 4.74 Å². The molecule has 22 heavy (non-hydrogen) atoms. The lowest BCUT2D eigenvalue weighted by atomic mass is 9.97. The summed E-state index contributed by atoms with van der Waals surface area (Å²) in [5.41, 5.74) is 4.97.